The summed E-state index contributed by atoms with van der Waals surface area (Å²) in [6.07, 6.45) is 1.55. The zero-order chi connectivity index (χ0) is 10.7. The Labute approximate surface area is 86.7 Å². The molecule has 0 spiro atoms. The Morgan fingerprint density at radius 1 is 1.50 bits per heavy atom. The molecule has 84 valence electrons. The molecule has 1 amide bonds. The molecular formula is C11H22FNO. The summed E-state index contributed by atoms with van der Waals surface area (Å²) in [4.78, 5) is 10.8. The second kappa shape index (κ2) is 4.76. The molecule has 1 N–H and O–H groups in total. The van der Waals surface area contributed by atoms with Crippen LogP contribution in [0.1, 0.15) is 41.5 Å². The van der Waals surface area contributed by atoms with E-state index in [0.717, 1.165) is 12.8 Å². The second-order valence-electron chi connectivity index (χ2n) is 4.64. The predicted octanol–water partition coefficient (Wildman–Crippen LogP) is 2.53. The van der Waals surface area contributed by atoms with Gasteiger partial charge < -0.3 is 5.32 Å². The van der Waals surface area contributed by atoms with Crippen molar-refractivity contribution in [1.82, 2.24) is 5.32 Å². The normalized spacial score (nSPS) is 33.1. The Morgan fingerprint density at radius 3 is 2.57 bits per heavy atom. The van der Waals surface area contributed by atoms with Crippen LogP contribution in [-0.4, -0.2) is 18.1 Å². The van der Waals surface area contributed by atoms with Crippen LogP contribution in [0.5, 0.6) is 0 Å². The van der Waals surface area contributed by atoms with E-state index in [9.17, 15) is 9.18 Å². The molecule has 0 bridgehead atoms. The molecule has 1 rings (SSSR count). The summed E-state index contributed by atoms with van der Waals surface area (Å²) in [5.74, 6) is 0.905. The minimum Gasteiger partial charge on any atom is -0.351 e. The van der Waals surface area contributed by atoms with Gasteiger partial charge in [0, 0.05) is 8.35 Å². The summed E-state index contributed by atoms with van der Waals surface area (Å²) >= 11 is 0. The fraction of sp³-hybridized carbons (Fsp3) is 0.909. The highest BCUT2D eigenvalue weighted by Crippen LogP contribution is 2.31. The molecule has 14 heavy (non-hydrogen) atoms. The molecule has 0 saturated heterocycles. The fourth-order valence-corrected chi connectivity index (χ4v) is 2.17. The van der Waals surface area contributed by atoms with Crippen LogP contribution in [0.4, 0.5) is 4.39 Å². The standard InChI is InChI=1S/C11H20FNO.H2/c1-7(2)9-4-5-11(10(12)6-9)13-8(3)14;/h7,9-11H,4-6H2,1-3H3,(H,13,14);1H/t9-,10+,11+;/m0./s1. The molecule has 1 fully saturated rings. The van der Waals surface area contributed by atoms with E-state index in [1.807, 2.05) is 0 Å². The van der Waals surface area contributed by atoms with E-state index >= 15 is 0 Å². The number of rotatable bonds is 2. The van der Waals surface area contributed by atoms with Crippen LogP contribution in [0.15, 0.2) is 0 Å². The molecule has 0 heterocycles. The van der Waals surface area contributed by atoms with E-state index in [1.165, 1.54) is 6.92 Å². The monoisotopic (exact) mass is 203 g/mol. The van der Waals surface area contributed by atoms with Crippen molar-refractivity contribution in [3.63, 3.8) is 0 Å². The Morgan fingerprint density at radius 2 is 2.14 bits per heavy atom. The first kappa shape index (κ1) is 11.5. The topological polar surface area (TPSA) is 29.1 Å². The van der Waals surface area contributed by atoms with Gasteiger partial charge in [-0.15, -0.1) is 0 Å². The van der Waals surface area contributed by atoms with E-state index in [0.29, 0.717) is 18.3 Å². The van der Waals surface area contributed by atoms with Crippen molar-refractivity contribution >= 4 is 5.91 Å². The van der Waals surface area contributed by atoms with Crippen LogP contribution in [0.2, 0.25) is 0 Å². The second-order valence-corrected chi connectivity index (χ2v) is 4.64. The van der Waals surface area contributed by atoms with Gasteiger partial charge in [-0.3, -0.25) is 4.79 Å². The molecule has 0 radical (unpaired) electrons. The highest BCUT2D eigenvalue weighted by Gasteiger charge is 2.31. The van der Waals surface area contributed by atoms with E-state index in [1.54, 1.807) is 0 Å². The van der Waals surface area contributed by atoms with Gasteiger partial charge in [-0.2, -0.15) is 0 Å². The van der Waals surface area contributed by atoms with E-state index in [2.05, 4.69) is 19.2 Å². The van der Waals surface area contributed by atoms with E-state index in [-0.39, 0.29) is 13.4 Å². The molecule has 0 aromatic carbocycles. The van der Waals surface area contributed by atoms with Crippen LogP contribution in [-0.2, 0) is 4.79 Å². The van der Waals surface area contributed by atoms with Crippen molar-refractivity contribution in [1.29, 1.82) is 0 Å². The molecule has 1 aliphatic carbocycles. The molecule has 1 saturated carbocycles. The molecule has 1 aliphatic rings. The number of carbonyl (C=O) groups is 1. The lowest BCUT2D eigenvalue weighted by Gasteiger charge is -2.33. The van der Waals surface area contributed by atoms with Gasteiger partial charge in [0.15, 0.2) is 0 Å². The van der Waals surface area contributed by atoms with Gasteiger partial charge in [-0.05, 0) is 31.1 Å². The first-order valence-corrected chi connectivity index (χ1v) is 5.42. The van der Waals surface area contributed by atoms with Gasteiger partial charge in [-0.25, -0.2) is 4.39 Å². The number of nitrogens with one attached hydrogen (secondary N) is 1. The molecular weight excluding hydrogens is 181 g/mol. The van der Waals surface area contributed by atoms with Crippen molar-refractivity contribution < 1.29 is 10.6 Å². The highest BCUT2D eigenvalue weighted by molar-refractivity contribution is 5.73. The molecule has 3 heteroatoms. The third-order valence-corrected chi connectivity index (χ3v) is 3.14. The molecule has 0 aromatic rings. The summed E-state index contributed by atoms with van der Waals surface area (Å²) in [7, 11) is 0. The van der Waals surface area contributed by atoms with Crippen LogP contribution in [0.3, 0.4) is 0 Å². The number of carbonyl (C=O) groups excluding carboxylic acids is 1. The fourth-order valence-electron chi connectivity index (χ4n) is 2.17. The molecule has 2 nitrogen and oxygen atoms in total. The lowest BCUT2D eigenvalue weighted by molar-refractivity contribution is -0.120. The molecule has 3 atom stereocenters. The van der Waals surface area contributed by atoms with E-state index in [4.69, 9.17) is 0 Å². The summed E-state index contributed by atoms with van der Waals surface area (Å²) < 4.78 is 13.6. The summed E-state index contributed by atoms with van der Waals surface area (Å²) in [5, 5.41) is 2.68. The minimum absolute atomic E-state index is 0. The number of halogens is 1. The zero-order valence-electron chi connectivity index (χ0n) is 9.22. The highest BCUT2D eigenvalue weighted by atomic mass is 19.1. The number of amides is 1. The number of hydrogen-bond donors (Lipinski definition) is 1. The van der Waals surface area contributed by atoms with Gasteiger partial charge in [0.2, 0.25) is 5.91 Å². The van der Waals surface area contributed by atoms with Crippen LogP contribution < -0.4 is 5.32 Å². The van der Waals surface area contributed by atoms with Gasteiger partial charge in [0.25, 0.3) is 0 Å². The Kier molecular flexibility index (Phi) is 3.90. The van der Waals surface area contributed by atoms with Crippen molar-refractivity contribution in [3.05, 3.63) is 0 Å². The van der Waals surface area contributed by atoms with Crippen LogP contribution >= 0.6 is 0 Å². The van der Waals surface area contributed by atoms with E-state index < -0.39 is 6.17 Å². The predicted molar refractivity (Wildman–Crippen MR) is 56.8 cm³/mol. The average Bonchev–Trinajstić information content (AvgIpc) is 2.07. The van der Waals surface area contributed by atoms with Crippen LogP contribution in [0.25, 0.3) is 0 Å². The largest absolute Gasteiger partial charge is 0.351 e. The maximum Gasteiger partial charge on any atom is 0.217 e. The molecule has 0 unspecified atom stereocenters. The van der Waals surface area contributed by atoms with Crippen molar-refractivity contribution in [2.45, 2.75) is 52.2 Å². The van der Waals surface area contributed by atoms with Crippen molar-refractivity contribution in [3.8, 4) is 0 Å². The van der Waals surface area contributed by atoms with Crippen molar-refractivity contribution in [2.75, 3.05) is 0 Å². The lowest BCUT2D eigenvalue weighted by Crippen LogP contribution is -2.44. The average molecular weight is 203 g/mol. The van der Waals surface area contributed by atoms with Crippen LogP contribution in [0, 0.1) is 11.8 Å². The van der Waals surface area contributed by atoms with Gasteiger partial charge in [-0.1, -0.05) is 13.8 Å². The molecule has 0 aromatic heterocycles. The SMILES string of the molecule is CC(=O)N[C@@H]1CC[C@H](C(C)C)C[C@H]1F.[HH]. The first-order chi connectivity index (χ1) is 6.50. The quantitative estimate of drug-likeness (QED) is 0.734. The zero-order valence-corrected chi connectivity index (χ0v) is 9.22. The summed E-state index contributed by atoms with van der Waals surface area (Å²) in [6.45, 7) is 5.72. The number of hydrogen-bond acceptors (Lipinski definition) is 1. The Balaban J connectivity index is 0.00000196. The Bertz CT molecular complexity index is 211. The third kappa shape index (κ3) is 2.96. The van der Waals surface area contributed by atoms with Gasteiger partial charge >= 0.3 is 0 Å². The maximum atomic E-state index is 13.6. The number of alkyl halides is 1. The maximum absolute atomic E-state index is 13.6. The first-order valence-electron chi connectivity index (χ1n) is 5.42. The summed E-state index contributed by atoms with van der Waals surface area (Å²) in [5.41, 5.74) is 0. The summed E-state index contributed by atoms with van der Waals surface area (Å²) in [6, 6.07) is -0.248. The van der Waals surface area contributed by atoms with Gasteiger partial charge in [0.05, 0.1) is 6.04 Å². The third-order valence-electron chi connectivity index (χ3n) is 3.14. The smallest absolute Gasteiger partial charge is 0.217 e. The minimum atomic E-state index is -0.861. The Hall–Kier alpha value is -0.600. The molecule has 0 aliphatic heterocycles. The van der Waals surface area contributed by atoms with Crippen molar-refractivity contribution in [2.24, 2.45) is 11.8 Å². The lowest BCUT2D eigenvalue weighted by atomic mass is 9.78. The van der Waals surface area contributed by atoms with Gasteiger partial charge in [0.1, 0.15) is 6.17 Å².